The van der Waals surface area contributed by atoms with Gasteiger partial charge in [-0.3, -0.25) is 0 Å². The lowest BCUT2D eigenvalue weighted by molar-refractivity contribution is 0.0457. The quantitative estimate of drug-likeness (QED) is 0.555. The molecular formula is C22H25BrO5S. The van der Waals surface area contributed by atoms with Crippen LogP contribution in [0.4, 0.5) is 0 Å². The SMILES string of the molecule is COc1cc(C)c(Br)c2c1Sc1ccc(C(O)CC(C)C)c(OC)c1C(=O)OC2. The molecule has 2 aromatic carbocycles. The molecule has 1 aliphatic rings. The number of aryl methyl sites for hydroxylation is 1. The van der Waals surface area contributed by atoms with Crippen LogP contribution in [0.5, 0.6) is 11.5 Å². The average Bonchev–Trinajstić information content (AvgIpc) is 2.67. The number of fused-ring (bicyclic) bond motifs is 2. The van der Waals surface area contributed by atoms with Crippen molar-refractivity contribution in [2.45, 2.75) is 49.7 Å². The number of benzene rings is 2. The molecule has 0 bridgehead atoms. The minimum atomic E-state index is -0.725. The Labute approximate surface area is 183 Å². The molecule has 3 rings (SSSR count). The molecule has 0 aliphatic carbocycles. The highest BCUT2D eigenvalue weighted by Crippen LogP contribution is 2.47. The summed E-state index contributed by atoms with van der Waals surface area (Å²) in [4.78, 5) is 14.5. The van der Waals surface area contributed by atoms with Crippen LogP contribution in [0, 0.1) is 12.8 Å². The first kappa shape index (κ1) is 22.0. The lowest BCUT2D eigenvalue weighted by Crippen LogP contribution is -2.15. The van der Waals surface area contributed by atoms with E-state index in [0.717, 1.165) is 26.2 Å². The van der Waals surface area contributed by atoms with Gasteiger partial charge in [-0.25, -0.2) is 4.79 Å². The summed E-state index contributed by atoms with van der Waals surface area (Å²) in [5, 5.41) is 10.7. The summed E-state index contributed by atoms with van der Waals surface area (Å²) in [6, 6.07) is 5.62. The van der Waals surface area contributed by atoms with Gasteiger partial charge in [-0.1, -0.05) is 47.6 Å². The first-order valence-electron chi connectivity index (χ1n) is 9.38. The van der Waals surface area contributed by atoms with Gasteiger partial charge in [0.15, 0.2) is 0 Å². The fourth-order valence-corrected chi connectivity index (χ4v) is 5.16. The molecule has 0 radical (unpaired) electrons. The second kappa shape index (κ2) is 8.98. The molecule has 1 unspecified atom stereocenters. The van der Waals surface area contributed by atoms with E-state index in [4.69, 9.17) is 14.2 Å². The van der Waals surface area contributed by atoms with Gasteiger partial charge >= 0.3 is 5.97 Å². The maximum atomic E-state index is 13.0. The summed E-state index contributed by atoms with van der Waals surface area (Å²) in [5.41, 5.74) is 2.80. The molecule has 1 N–H and O–H groups in total. The van der Waals surface area contributed by atoms with Gasteiger partial charge < -0.3 is 19.3 Å². The van der Waals surface area contributed by atoms with E-state index in [2.05, 4.69) is 15.9 Å². The third-order valence-electron chi connectivity index (χ3n) is 4.85. The van der Waals surface area contributed by atoms with E-state index < -0.39 is 12.1 Å². The van der Waals surface area contributed by atoms with Crippen LogP contribution in [0.15, 0.2) is 32.5 Å². The number of hydrogen-bond acceptors (Lipinski definition) is 6. The summed E-state index contributed by atoms with van der Waals surface area (Å²) in [7, 11) is 3.13. The van der Waals surface area contributed by atoms with Crippen molar-refractivity contribution in [3.8, 4) is 11.5 Å². The topological polar surface area (TPSA) is 65.0 Å². The van der Waals surface area contributed by atoms with E-state index in [1.807, 2.05) is 39.0 Å². The zero-order valence-corrected chi connectivity index (χ0v) is 19.6. The van der Waals surface area contributed by atoms with Crippen LogP contribution >= 0.6 is 27.7 Å². The Balaban J connectivity index is 2.18. The second-order valence-electron chi connectivity index (χ2n) is 7.40. The fourth-order valence-electron chi connectivity index (χ4n) is 3.44. The summed E-state index contributed by atoms with van der Waals surface area (Å²) in [6.45, 7) is 6.16. The molecule has 1 aliphatic heterocycles. The Morgan fingerprint density at radius 2 is 2.00 bits per heavy atom. The van der Waals surface area contributed by atoms with Crippen molar-refractivity contribution in [3.63, 3.8) is 0 Å². The number of carbonyl (C=O) groups is 1. The van der Waals surface area contributed by atoms with Crippen LogP contribution in [-0.2, 0) is 11.3 Å². The predicted octanol–water partition coefficient (Wildman–Crippen LogP) is 5.68. The van der Waals surface area contributed by atoms with Crippen LogP contribution in [0.3, 0.4) is 0 Å². The Bertz CT molecular complexity index is 942. The van der Waals surface area contributed by atoms with E-state index in [1.54, 1.807) is 7.11 Å². The molecule has 1 atom stereocenters. The Kier molecular flexibility index (Phi) is 6.81. The molecule has 5 nitrogen and oxygen atoms in total. The van der Waals surface area contributed by atoms with E-state index in [9.17, 15) is 9.90 Å². The third kappa shape index (κ3) is 4.27. The van der Waals surface area contributed by atoms with Crippen molar-refractivity contribution in [2.75, 3.05) is 14.2 Å². The third-order valence-corrected chi connectivity index (χ3v) is 7.16. The Hall–Kier alpha value is -1.70. The molecule has 0 saturated carbocycles. The molecule has 1 heterocycles. The number of rotatable bonds is 5. The molecule has 2 aromatic rings. The number of aliphatic hydroxyl groups is 1. The van der Waals surface area contributed by atoms with E-state index >= 15 is 0 Å². The van der Waals surface area contributed by atoms with Crippen molar-refractivity contribution >= 4 is 33.7 Å². The van der Waals surface area contributed by atoms with E-state index in [0.29, 0.717) is 34.1 Å². The molecule has 0 aromatic heterocycles. The molecule has 0 spiro atoms. The lowest BCUT2D eigenvalue weighted by Gasteiger charge is -2.24. The second-order valence-corrected chi connectivity index (χ2v) is 9.25. The monoisotopic (exact) mass is 480 g/mol. The highest BCUT2D eigenvalue weighted by Gasteiger charge is 2.30. The first-order valence-corrected chi connectivity index (χ1v) is 11.0. The van der Waals surface area contributed by atoms with Crippen LogP contribution < -0.4 is 9.47 Å². The number of esters is 1. The van der Waals surface area contributed by atoms with Crippen molar-refractivity contribution in [2.24, 2.45) is 5.92 Å². The van der Waals surface area contributed by atoms with Crippen molar-refractivity contribution in [3.05, 3.63) is 44.9 Å². The fraction of sp³-hybridized carbons (Fsp3) is 0.409. The van der Waals surface area contributed by atoms with Gasteiger partial charge in [0.1, 0.15) is 23.7 Å². The van der Waals surface area contributed by atoms with E-state index in [1.165, 1.54) is 18.9 Å². The van der Waals surface area contributed by atoms with Crippen molar-refractivity contribution < 1.29 is 24.1 Å². The number of aliphatic hydroxyl groups excluding tert-OH is 1. The summed E-state index contributed by atoms with van der Waals surface area (Å²) in [6.07, 6.45) is -0.155. The minimum absolute atomic E-state index is 0.112. The largest absolute Gasteiger partial charge is 0.496 e. The van der Waals surface area contributed by atoms with Gasteiger partial charge in [-0.05, 0) is 37.0 Å². The number of methoxy groups -OCH3 is 2. The maximum Gasteiger partial charge on any atom is 0.343 e. The summed E-state index contributed by atoms with van der Waals surface area (Å²) < 4.78 is 17.7. The van der Waals surface area contributed by atoms with Crippen LogP contribution in [0.2, 0.25) is 0 Å². The zero-order valence-electron chi connectivity index (χ0n) is 17.2. The Morgan fingerprint density at radius 3 is 2.62 bits per heavy atom. The van der Waals surface area contributed by atoms with Gasteiger partial charge in [-0.15, -0.1) is 0 Å². The minimum Gasteiger partial charge on any atom is -0.496 e. The number of ether oxygens (including phenoxy) is 3. The number of carbonyl (C=O) groups excluding carboxylic acids is 1. The van der Waals surface area contributed by atoms with Gasteiger partial charge in [0, 0.05) is 20.5 Å². The molecule has 7 heteroatoms. The number of hydrogen-bond donors (Lipinski definition) is 1. The normalized spacial score (nSPS) is 14.4. The van der Waals surface area contributed by atoms with Gasteiger partial charge in [-0.2, -0.15) is 0 Å². The van der Waals surface area contributed by atoms with Gasteiger partial charge in [0.05, 0.1) is 25.2 Å². The van der Waals surface area contributed by atoms with Crippen molar-refractivity contribution in [1.82, 2.24) is 0 Å². The number of cyclic esters (lactones) is 1. The van der Waals surface area contributed by atoms with Crippen LogP contribution in [-0.4, -0.2) is 25.3 Å². The van der Waals surface area contributed by atoms with E-state index in [-0.39, 0.29) is 6.61 Å². The summed E-state index contributed by atoms with van der Waals surface area (Å²) >= 11 is 5.05. The zero-order chi connectivity index (χ0) is 21.3. The molecule has 0 amide bonds. The Morgan fingerprint density at radius 1 is 1.28 bits per heavy atom. The summed E-state index contributed by atoms with van der Waals surface area (Å²) in [5.74, 6) is 0.912. The van der Waals surface area contributed by atoms with Gasteiger partial charge in [0.2, 0.25) is 0 Å². The maximum absolute atomic E-state index is 13.0. The lowest BCUT2D eigenvalue weighted by atomic mass is 9.97. The van der Waals surface area contributed by atoms with Gasteiger partial charge in [0.25, 0.3) is 0 Å². The molecule has 0 fully saturated rings. The smallest absolute Gasteiger partial charge is 0.343 e. The highest BCUT2D eigenvalue weighted by atomic mass is 79.9. The van der Waals surface area contributed by atoms with Crippen LogP contribution in [0.1, 0.15) is 53.4 Å². The predicted molar refractivity (Wildman–Crippen MR) is 116 cm³/mol. The first-order chi connectivity index (χ1) is 13.8. The van der Waals surface area contributed by atoms with Crippen molar-refractivity contribution in [1.29, 1.82) is 0 Å². The van der Waals surface area contributed by atoms with Crippen LogP contribution in [0.25, 0.3) is 0 Å². The molecule has 0 saturated heterocycles. The standard InChI is InChI=1S/C22H25BrO5S/c1-11(2)8-15(24)13-6-7-17-18(20(13)27-5)22(25)28-10-14-19(23)12(3)9-16(26-4)21(14)29-17/h6-7,9,11,15,24H,8,10H2,1-5H3. The molecular weight excluding hydrogens is 456 g/mol. The molecule has 29 heavy (non-hydrogen) atoms. The molecule has 156 valence electrons. The highest BCUT2D eigenvalue weighted by molar-refractivity contribution is 9.10. The average molecular weight is 481 g/mol. The number of halogens is 1.